The molecule has 0 spiro atoms. The third-order valence-electron chi connectivity index (χ3n) is 3.41. The fourth-order valence-electron chi connectivity index (χ4n) is 2.33. The second-order valence-electron chi connectivity index (χ2n) is 4.74. The molecule has 0 bridgehead atoms. The molecule has 0 aliphatic rings. The molecule has 0 radical (unpaired) electrons. The molecule has 0 aliphatic heterocycles. The molecule has 5 nitrogen and oxygen atoms in total. The number of amides is 1. The fourth-order valence-corrected chi connectivity index (χ4v) is 2.33. The molecule has 1 amide bonds. The summed E-state index contributed by atoms with van der Waals surface area (Å²) in [4.78, 5) is 27.3. The van der Waals surface area contributed by atoms with Gasteiger partial charge in [0.2, 0.25) is 0 Å². The Hall–Kier alpha value is -3.08. The van der Waals surface area contributed by atoms with Gasteiger partial charge in [-0.05, 0) is 18.2 Å². The first kappa shape index (κ1) is 13.9. The zero-order valence-corrected chi connectivity index (χ0v) is 11.9. The van der Waals surface area contributed by atoms with Crippen molar-refractivity contribution >= 4 is 28.5 Å². The van der Waals surface area contributed by atoms with Crippen molar-refractivity contribution in [2.75, 3.05) is 12.4 Å². The second-order valence-corrected chi connectivity index (χ2v) is 4.74. The van der Waals surface area contributed by atoms with Crippen molar-refractivity contribution < 1.29 is 14.3 Å². The molecule has 0 atom stereocenters. The number of ether oxygens (including phenoxy) is 1. The number of fused-ring (bicyclic) bond motifs is 1. The first-order valence-electron chi connectivity index (χ1n) is 6.75. The van der Waals surface area contributed by atoms with E-state index in [1.165, 1.54) is 7.11 Å². The van der Waals surface area contributed by atoms with E-state index in [1.54, 1.807) is 30.5 Å². The van der Waals surface area contributed by atoms with Gasteiger partial charge in [-0.25, -0.2) is 4.79 Å². The summed E-state index contributed by atoms with van der Waals surface area (Å²) in [6, 6.07) is 14.3. The normalized spacial score (nSPS) is 10.4. The van der Waals surface area contributed by atoms with Crippen LogP contribution in [0.5, 0.6) is 0 Å². The number of hydrogen-bond acceptors (Lipinski definition) is 3. The van der Waals surface area contributed by atoms with Crippen LogP contribution >= 0.6 is 0 Å². The van der Waals surface area contributed by atoms with Gasteiger partial charge in [-0.2, -0.15) is 0 Å². The Morgan fingerprint density at radius 1 is 1.00 bits per heavy atom. The number of methoxy groups -OCH3 is 1. The van der Waals surface area contributed by atoms with Crippen LogP contribution in [0.2, 0.25) is 0 Å². The highest BCUT2D eigenvalue weighted by molar-refractivity contribution is 6.14. The van der Waals surface area contributed by atoms with Crippen LogP contribution in [-0.2, 0) is 4.74 Å². The molecule has 0 saturated heterocycles. The average molecular weight is 294 g/mol. The maximum absolute atomic E-state index is 12.5. The molecule has 0 fully saturated rings. The maximum atomic E-state index is 12.5. The summed E-state index contributed by atoms with van der Waals surface area (Å²) in [6.07, 6.45) is 1.65. The van der Waals surface area contributed by atoms with Crippen LogP contribution in [0, 0.1) is 0 Å². The van der Waals surface area contributed by atoms with Crippen molar-refractivity contribution in [3.63, 3.8) is 0 Å². The Bertz CT molecular complexity index is 852. The number of benzene rings is 2. The van der Waals surface area contributed by atoms with Crippen molar-refractivity contribution in [3.8, 4) is 0 Å². The lowest BCUT2D eigenvalue weighted by atomic mass is 10.1. The number of hydrogen-bond donors (Lipinski definition) is 2. The Morgan fingerprint density at radius 2 is 1.73 bits per heavy atom. The summed E-state index contributed by atoms with van der Waals surface area (Å²) < 4.78 is 4.72. The Morgan fingerprint density at radius 3 is 2.55 bits per heavy atom. The number of carbonyl (C=O) groups is 2. The molecule has 1 aromatic heterocycles. The van der Waals surface area contributed by atoms with Gasteiger partial charge in [0.15, 0.2) is 0 Å². The molecule has 0 saturated carbocycles. The van der Waals surface area contributed by atoms with E-state index < -0.39 is 5.97 Å². The van der Waals surface area contributed by atoms with Crippen molar-refractivity contribution in [2.45, 2.75) is 0 Å². The van der Waals surface area contributed by atoms with Gasteiger partial charge in [-0.15, -0.1) is 0 Å². The summed E-state index contributed by atoms with van der Waals surface area (Å²) in [7, 11) is 1.31. The van der Waals surface area contributed by atoms with Crippen LogP contribution in [0.4, 0.5) is 5.69 Å². The van der Waals surface area contributed by atoms with Crippen molar-refractivity contribution in [3.05, 3.63) is 65.9 Å². The number of aromatic amines is 1. The van der Waals surface area contributed by atoms with Gasteiger partial charge in [0.25, 0.3) is 5.91 Å². The van der Waals surface area contributed by atoms with Gasteiger partial charge in [0, 0.05) is 17.1 Å². The molecule has 2 N–H and O–H groups in total. The van der Waals surface area contributed by atoms with Crippen LogP contribution in [0.3, 0.4) is 0 Å². The van der Waals surface area contributed by atoms with Crippen LogP contribution in [-0.4, -0.2) is 24.0 Å². The Balaban J connectivity index is 1.94. The van der Waals surface area contributed by atoms with E-state index in [0.717, 1.165) is 10.9 Å². The van der Waals surface area contributed by atoms with Gasteiger partial charge in [0.1, 0.15) is 0 Å². The number of aromatic nitrogens is 1. The van der Waals surface area contributed by atoms with Crippen LogP contribution in [0.1, 0.15) is 20.7 Å². The predicted octanol–water partition coefficient (Wildman–Crippen LogP) is 3.21. The smallest absolute Gasteiger partial charge is 0.339 e. The molecule has 1 heterocycles. The zero-order valence-electron chi connectivity index (χ0n) is 11.9. The van der Waals surface area contributed by atoms with E-state index in [9.17, 15) is 9.59 Å². The van der Waals surface area contributed by atoms with Crippen LogP contribution < -0.4 is 5.32 Å². The number of nitrogens with one attached hydrogen (secondary N) is 2. The first-order valence-corrected chi connectivity index (χ1v) is 6.75. The highest BCUT2D eigenvalue weighted by Gasteiger charge is 2.16. The standard InChI is InChI=1S/C17H14N2O3/c1-22-17(21)12-7-3-5-9-15(12)19-16(20)13-10-18-14-8-4-2-6-11(13)14/h2-10,18H,1H3,(H,19,20). The van der Waals surface area contributed by atoms with Crippen LogP contribution in [0.15, 0.2) is 54.7 Å². The molecular weight excluding hydrogens is 280 g/mol. The minimum atomic E-state index is -0.491. The molecule has 2 aromatic carbocycles. The summed E-state index contributed by atoms with van der Waals surface area (Å²) in [6.45, 7) is 0. The molecule has 5 heteroatoms. The quantitative estimate of drug-likeness (QED) is 0.729. The number of para-hydroxylation sites is 2. The maximum Gasteiger partial charge on any atom is 0.339 e. The molecule has 0 unspecified atom stereocenters. The van der Waals surface area contributed by atoms with E-state index in [1.807, 2.05) is 24.3 Å². The van der Waals surface area contributed by atoms with Crippen LogP contribution in [0.25, 0.3) is 10.9 Å². The van der Waals surface area contributed by atoms with Gasteiger partial charge in [0.05, 0.1) is 23.9 Å². The highest BCUT2D eigenvalue weighted by Crippen LogP contribution is 2.21. The number of anilines is 1. The van der Waals surface area contributed by atoms with E-state index >= 15 is 0 Å². The molecule has 22 heavy (non-hydrogen) atoms. The third kappa shape index (κ3) is 2.44. The number of H-pyrrole nitrogens is 1. The summed E-state index contributed by atoms with van der Waals surface area (Å²) in [5.74, 6) is -0.774. The summed E-state index contributed by atoms with van der Waals surface area (Å²) in [5.41, 5.74) is 2.15. The monoisotopic (exact) mass is 294 g/mol. The van der Waals surface area contributed by atoms with Gasteiger partial charge >= 0.3 is 5.97 Å². The largest absolute Gasteiger partial charge is 0.465 e. The third-order valence-corrected chi connectivity index (χ3v) is 3.41. The Labute approximate surface area is 126 Å². The average Bonchev–Trinajstić information content (AvgIpc) is 2.99. The fraction of sp³-hybridized carbons (Fsp3) is 0.0588. The van der Waals surface area contributed by atoms with E-state index in [-0.39, 0.29) is 5.91 Å². The predicted molar refractivity (Wildman–Crippen MR) is 84.0 cm³/mol. The van der Waals surface area contributed by atoms with E-state index in [0.29, 0.717) is 16.8 Å². The second kappa shape index (κ2) is 5.73. The number of carbonyl (C=O) groups excluding carboxylic acids is 2. The summed E-state index contributed by atoms with van der Waals surface area (Å²) in [5, 5.41) is 3.59. The molecule has 110 valence electrons. The highest BCUT2D eigenvalue weighted by atomic mass is 16.5. The van der Waals surface area contributed by atoms with Crippen molar-refractivity contribution in [1.82, 2.24) is 4.98 Å². The van der Waals surface area contributed by atoms with Gasteiger partial charge in [-0.3, -0.25) is 4.79 Å². The lowest BCUT2D eigenvalue weighted by Gasteiger charge is -2.09. The van der Waals surface area contributed by atoms with Gasteiger partial charge in [-0.1, -0.05) is 30.3 Å². The summed E-state index contributed by atoms with van der Waals surface area (Å²) >= 11 is 0. The topological polar surface area (TPSA) is 71.2 Å². The van der Waals surface area contributed by atoms with Crippen molar-refractivity contribution in [2.24, 2.45) is 0 Å². The molecular formula is C17H14N2O3. The molecule has 3 aromatic rings. The minimum absolute atomic E-state index is 0.284. The molecule has 0 aliphatic carbocycles. The zero-order chi connectivity index (χ0) is 15.5. The van der Waals surface area contributed by atoms with E-state index in [2.05, 4.69) is 10.3 Å². The van der Waals surface area contributed by atoms with E-state index in [4.69, 9.17) is 4.74 Å². The van der Waals surface area contributed by atoms with Gasteiger partial charge < -0.3 is 15.0 Å². The SMILES string of the molecule is COC(=O)c1ccccc1NC(=O)c1c[nH]c2ccccc12. The lowest BCUT2D eigenvalue weighted by Crippen LogP contribution is -2.15. The number of esters is 1. The Kier molecular flexibility index (Phi) is 3.62. The minimum Gasteiger partial charge on any atom is -0.465 e. The van der Waals surface area contributed by atoms with Crippen molar-refractivity contribution in [1.29, 1.82) is 0 Å². The first-order chi connectivity index (χ1) is 10.7. The number of rotatable bonds is 3. The molecule has 3 rings (SSSR count). The lowest BCUT2D eigenvalue weighted by molar-refractivity contribution is 0.0602.